The summed E-state index contributed by atoms with van der Waals surface area (Å²) >= 11 is 0. The molecule has 14 heavy (non-hydrogen) atoms. The van der Waals surface area contributed by atoms with Gasteiger partial charge in [-0.25, -0.2) is 0 Å². The van der Waals surface area contributed by atoms with Gasteiger partial charge in [-0.05, 0) is 6.42 Å². The van der Waals surface area contributed by atoms with Gasteiger partial charge >= 0.3 is 0 Å². The second-order valence-electron chi connectivity index (χ2n) is 3.17. The summed E-state index contributed by atoms with van der Waals surface area (Å²) in [6, 6.07) is 2.07. The molecule has 1 rings (SSSR count). The second-order valence-corrected chi connectivity index (χ2v) is 3.17. The summed E-state index contributed by atoms with van der Waals surface area (Å²) in [6.45, 7) is 4.57. The zero-order valence-corrected chi connectivity index (χ0v) is 8.44. The lowest BCUT2D eigenvalue weighted by Gasteiger charge is -2.30. The number of guanidine groups is 1. The van der Waals surface area contributed by atoms with Gasteiger partial charge in [-0.1, -0.05) is 6.92 Å². The summed E-state index contributed by atoms with van der Waals surface area (Å²) in [5, 5.41) is 8.68. The Morgan fingerprint density at radius 1 is 1.79 bits per heavy atom. The first-order valence-electron chi connectivity index (χ1n) is 4.84. The van der Waals surface area contributed by atoms with Crippen LogP contribution >= 0.6 is 0 Å². The number of nitriles is 1. The van der Waals surface area contributed by atoms with Gasteiger partial charge in [0.2, 0.25) is 0 Å². The summed E-state index contributed by atoms with van der Waals surface area (Å²) in [5.41, 5.74) is 5.76. The number of hydrogen-bond donors (Lipinski definition) is 1. The molecule has 5 heteroatoms. The SMILES string of the molecule is CCCN=C(N)N1CCOC(C#N)C1. The van der Waals surface area contributed by atoms with Crippen molar-refractivity contribution in [2.75, 3.05) is 26.2 Å². The van der Waals surface area contributed by atoms with Crippen molar-refractivity contribution in [2.24, 2.45) is 10.7 Å². The highest BCUT2D eigenvalue weighted by Gasteiger charge is 2.20. The highest BCUT2D eigenvalue weighted by Crippen LogP contribution is 2.03. The van der Waals surface area contributed by atoms with Crippen LogP contribution in [0, 0.1) is 11.3 Å². The van der Waals surface area contributed by atoms with Gasteiger partial charge in [0.05, 0.1) is 19.2 Å². The molecule has 1 fully saturated rings. The summed E-state index contributed by atoms with van der Waals surface area (Å²) in [7, 11) is 0. The zero-order valence-electron chi connectivity index (χ0n) is 8.44. The quantitative estimate of drug-likeness (QED) is 0.496. The Hall–Kier alpha value is -1.28. The van der Waals surface area contributed by atoms with E-state index in [4.69, 9.17) is 15.7 Å². The molecular formula is C9H16N4O. The normalized spacial score (nSPS) is 23.3. The van der Waals surface area contributed by atoms with Crippen LogP contribution in [0.1, 0.15) is 13.3 Å². The van der Waals surface area contributed by atoms with Crippen LogP contribution < -0.4 is 5.73 Å². The van der Waals surface area contributed by atoms with Gasteiger partial charge in [-0.3, -0.25) is 4.99 Å². The fourth-order valence-electron chi connectivity index (χ4n) is 1.26. The standard InChI is InChI=1S/C9H16N4O/c1-2-3-12-9(11)13-4-5-14-8(6-10)7-13/h8H,2-5,7H2,1H3,(H2,11,12). The molecule has 0 radical (unpaired) electrons. The minimum atomic E-state index is -0.376. The van der Waals surface area contributed by atoms with Crippen molar-refractivity contribution in [1.29, 1.82) is 5.26 Å². The summed E-state index contributed by atoms with van der Waals surface area (Å²) < 4.78 is 5.20. The fraction of sp³-hybridized carbons (Fsp3) is 0.778. The number of ether oxygens (including phenoxy) is 1. The number of aliphatic imine (C=N–C) groups is 1. The van der Waals surface area contributed by atoms with Gasteiger partial charge in [0, 0.05) is 13.1 Å². The molecule has 1 saturated heterocycles. The third-order valence-corrected chi connectivity index (χ3v) is 2.03. The number of nitrogens with zero attached hydrogens (tertiary/aromatic N) is 3. The fourth-order valence-corrected chi connectivity index (χ4v) is 1.26. The van der Waals surface area contributed by atoms with Crippen molar-refractivity contribution in [3.8, 4) is 6.07 Å². The largest absolute Gasteiger partial charge is 0.370 e. The molecule has 0 saturated carbocycles. The van der Waals surface area contributed by atoms with Crippen molar-refractivity contribution in [3.05, 3.63) is 0 Å². The third kappa shape index (κ3) is 2.89. The van der Waals surface area contributed by atoms with E-state index in [-0.39, 0.29) is 6.10 Å². The Labute approximate surface area is 84.2 Å². The van der Waals surface area contributed by atoms with Gasteiger partial charge in [-0.2, -0.15) is 5.26 Å². The van der Waals surface area contributed by atoms with E-state index < -0.39 is 0 Å². The Kier molecular flexibility index (Phi) is 4.20. The van der Waals surface area contributed by atoms with Crippen molar-refractivity contribution < 1.29 is 4.74 Å². The molecule has 0 aliphatic carbocycles. The Morgan fingerprint density at radius 3 is 3.21 bits per heavy atom. The summed E-state index contributed by atoms with van der Waals surface area (Å²) in [6.07, 6.45) is 0.603. The number of morpholine rings is 1. The molecule has 0 aromatic carbocycles. The van der Waals surface area contributed by atoms with Crippen LogP contribution in [0.15, 0.2) is 4.99 Å². The first kappa shape index (κ1) is 10.8. The molecule has 78 valence electrons. The van der Waals surface area contributed by atoms with Gasteiger partial charge in [0.25, 0.3) is 0 Å². The van der Waals surface area contributed by atoms with E-state index in [9.17, 15) is 0 Å². The molecule has 2 N–H and O–H groups in total. The Bertz CT molecular complexity index is 246. The minimum absolute atomic E-state index is 0.376. The number of rotatable bonds is 2. The van der Waals surface area contributed by atoms with Crippen molar-refractivity contribution in [3.63, 3.8) is 0 Å². The van der Waals surface area contributed by atoms with Gasteiger partial charge in [0.15, 0.2) is 12.1 Å². The van der Waals surface area contributed by atoms with Crippen LogP contribution in [0.25, 0.3) is 0 Å². The molecule has 1 aliphatic rings. The molecule has 1 heterocycles. The highest BCUT2D eigenvalue weighted by atomic mass is 16.5. The number of hydrogen-bond acceptors (Lipinski definition) is 3. The molecule has 1 aliphatic heterocycles. The predicted octanol–water partition coefficient (Wildman–Crippen LogP) is -0.0645. The minimum Gasteiger partial charge on any atom is -0.370 e. The smallest absolute Gasteiger partial charge is 0.191 e. The molecule has 0 bridgehead atoms. The van der Waals surface area contributed by atoms with E-state index in [0.29, 0.717) is 19.1 Å². The predicted molar refractivity (Wildman–Crippen MR) is 53.7 cm³/mol. The monoisotopic (exact) mass is 196 g/mol. The van der Waals surface area contributed by atoms with Crippen LogP contribution in [0.3, 0.4) is 0 Å². The van der Waals surface area contributed by atoms with Crippen LogP contribution in [0.2, 0.25) is 0 Å². The molecule has 0 spiro atoms. The van der Waals surface area contributed by atoms with Crippen molar-refractivity contribution in [2.45, 2.75) is 19.4 Å². The second kappa shape index (κ2) is 5.45. The summed E-state index contributed by atoms with van der Waals surface area (Å²) in [5.74, 6) is 0.524. The first-order chi connectivity index (χ1) is 6.77. The van der Waals surface area contributed by atoms with E-state index >= 15 is 0 Å². The lowest BCUT2D eigenvalue weighted by Crippen LogP contribution is -2.48. The number of nitrogens with two attached hydrogens (primary N) is 1. The Balaban J connectivity index is 2.47. The molecule has 1 atom stereocenters. The first-order valence-corrected chi connectivity index (χ1v) is 4.84. The average Bonchev–Trinajstić information content (AvgIpc) is 2.26. The topological polar surface area (TPSA) is 74.6 Å². The van der Waals surface area contributed by atoms with E-state index in [0.717, 1.165) is 19.5 Å². The van der Waals surface area contributed by atoms with Gasteiger partial charge < -0.3 is 15.4 Å². The van der Waals surface area contributed by atoms with Crippen molar-refractivity contribution in [1.82, 2.24) is 4.90 Å². The maximum atomic E-state index is 8.68. The van der Waals surface area contributed by atoms with E-state index in [1.54, 1.807) is 0 Å². The Morgan fingerprint density at radius 2 is 2.57 bits per heavy atom. The third-order valence-electron chi connectivity index (χ3n) is 2.03. The van der Waals surface area contributed by atoms with Crippen molar-refractivity contribution >= 4 is 5.96 Å². The molecule has 0 amide bonds. The molecule has 0 aromatic heterocycles. The zero-order chi connectivity index (χ0) is 10.4. The molecule has 5 nitrogen and oxygen atoms in total. The van der Waals surface area contributed by atoms with Gasteiger partial charge in [0.1, 0.15) is 0 Å². The van der Waals surface area contributed by atoms with E-state index in [2.05, 4.69) is 11.1 Å². The van der Waals surface area contributed by atoms with Crippen LogP contribution in [-0.2, 0) is 4.74 Å². The van der Waals surface area contributed by atoms with Crippen LogP contribution in [-0.4, -0.2) is 43.2 Å². The van der Waals surface area contributed by atoms with Crippen LogP contribution in [0.4, 0.5) is 0 Å². The molecular weight excluding hydrogens is 180 g/mol. The van der Waals surface area contributed by atoms with Crippen LogP contribution in [0.5, 0.6) is 0 Å². The summed E-state index contributed by atoms with van der Waals surface area (Å²) in [4.78, 5) is 6.09. The lowest BCUT2D eigenvalue weighted by atomic mass is 10.3. The molecule has 0 aromatic rings. The van der Waals surface area contributed by atoms with Gasteiger partial charge in [-0.15, -0.1) is 0 Å². The van der Waals surface area contributed by atoms with E-state index in [1.807, 2.05) is 11.8 Å². The maximum Gasteiger partial charge on any atom is 0.191 e. The average molecular weight is 196 g/mol. The molecule has 1 unspecified atom stereocenters. The lowest BCUT2D eigenvalue weighted by molar-refractivity contribution is 0.0260. The maximum absolute atomic E-state index is 8.68. The highest BCUT2D eigenvalue weighted by molar-refractivity contribution is 5.78. The van der Waals surface area contributed by atoms with E-state index in [1.165, 1.54) is 0 Å².